The fourth-order valence-electron chi connectivity index (χ4n) is 7.03. The van der Waals surface area contributed by atoms with E-state index in [0.717, 1.165) is 61.8 Å². The highest BCUT2D eigenvalue weighted by molar-refractivity contribution is 5.98. The highest BCUT2D eigenvalue weighted by atomic mass is 19.1. The number of benzene rings is 3. The van der Waals surface area contributed by atoms with Crippen LogP contribution in [0.5, 0.6) is 0 Å². The minimum absolute atomic E-state index is 0.0742. The normalized spacial score (nSPS) is 20.9. The number of aryl methyl sites for hydroxylation is 2. The maximum absolute atomic E-state index is 15.1. The number of hydrogen-bond donors (Lipinski definition) is 2. The van der Waals surface area contributed by atoms with Crippen LogP contribution in [0.1, 0.15) is 71.6 Å². The summed E-state index contributed by atoms with van der Waals surface area (Å²) < 4.78 is 20.5. The van der Waals surface area contributed by atoms with Gasteiger partial charge in [-0.05, 0) is 99.4 Å². The second kappa shape index (κ2) is 13.4. The molecule has 2 atom stereocenters. The fourth-order valence-corrected chi connectivity index (χ4v) is 7.03. The van der Waals surface area contributed by atoms with Gasteiger partial charge in [0.15, 0.2) is 0 Å². The van der Waals surface area contributed by atoms with Crippen LogP contribution in [0.3, 0.4) is 0 Å². The highest BCUT2D eigenvalue weighted by Gasteiger charge is 2.40. The van der Waals surface area contributed by atoms with Crippen LogP contribution in [0.15, 0.2) is 60.7 Å². The Balaban J connectivity index is 1.30. The van der Waals surface area contributed by atoms with Gasteiger partial charge < -0.3 is 25.2 Å². The van der Waals surface area contributed by atoms with Gasteiger partial charge in [0.05, 0.1) is 17.5 Å². The lowest BCUT2D eigenvalue weighted by atomic mass is 9.83. The Morgan fingerprint density at radius 2 is 1.57 bits per heavy atom. The van der Waals surface area contributed by atoms with E-state index < -0.39 is 17.8 Å². The van der Waals surface area contributed by atoms with Crippen LogP contribution in [-0.4, -0.2) is 55.6 Å². The number of anilines is 3. The Labute approximate surface area is 259 Å². The minimum Gasteiger partial charge on any atom is -0.382 e. The Bertz CT molecular complexity index is 1460. The first-order valence-electron chi connectivity index (χ1n) is 16.1. The van der Waals surface area contributed by atoms with Gasteiger partial charge in [-0.25, -0.2) is 4.39 Å². The van der Waals surface area contributed by atoms with Crippen LogP contribution in [0.2, 0.25) is 0 Å². The van der Waals surface area contributed by atoms with Crippen LogP contribution in [0, 0.1) is 25.6 Å². The van der Waals surface area contributed by atoms with Crippen LogP contribution in [-0.2, 0) is 9.53 Å². The number of carbonyl (C=O) groups is 2. The van der Waals surface area contributed by atoms with Gasteiger partial charge in [0.1, 0.15) is 5.82 Å². The second-order valence-electron chi connectivity index (χ2n) is 12.5. The molecular weight excluding hydrogens is 555 g/mol. The molecule has 0 unspecified atom stereocenters. The van der Waals surface area contributed by atoms with Crippen molar-refractivity contribution in [3.63, 3.8) is 0 Å². The number of nitrogens with zero attached hydrogens (tertiary/aromatic N) is 2. The van der Waals surface area contributed by atoms with Gasteiger partial charge in [0.25, 0.3) is 5.91 Å². The van der Waals surface area contributed by atoms with Gasteiger partial charge in [0, 0.05) is 56.0 Å². The molecule has 0 aliphatic carbocycles. The van der Waals surface area contributed by atoms with Crippen LogP contribution >= 0.6 is 0 Å². The number of halogens is 1. The number of piperidine rings is 1. The number of likely N-dealkylation sites (tertiary alicyclic amines) is 1. The third kappa shape index (κ3) is 6.46. The van der Waals surface area contributed by atoms with E-state index in [1.165, 1.54) is 24.5 Å². The molecule has 2 amide bonds. The van der Waals surface area contributed by atoms with Gasteiger partial charge in [0.2, 0.25) is 5.91 Å². The van der Waals surface area contributed by atoms with Crippen molar-refractivity contribution in [3.05, 3.63) is 88.7 Å². The first kappa shape index (κ1) is 30.1. The second-order valence-corrected chi connectivity index (χ2v) is 12.5. The summed E-state index contributed by atoms with van der Waals surface area (Å²) in [6.45, 7) is 7.86. The lowest BCUT2D eigenvalue weighted by molar-refractivity contribution is -0.123. The molecule has 2 N–H and O–H groups in total. The van der Waals surface area contributed by atoms with Crippen molar-refractivity contribution < 1.29 is 18.7 Å². The topological polar surface area (TPSA) is 73.9 Å². The SMILES string of the molecule is Cc1ccc(NC(=O)[C@H]2CCCN(C(=O)c3c(C)cccc3F)[C@H]2c2ccc(NC3CCOCC3)cc2)cc1N1CCCC1. The van der Waals surface area contributed by atoms with Crippen LogP contribution in [0.4, 0.5) is 21.5 Å². The number of carbonyl (C=O) groups excluding carboxylic acids is 2. The Morgan fingerprint density at radius 3 is 2.30 bits per heavy atom. The third-order valence-corrected chi connectivity index (χ3v) is 9.43. The van der Waals surface area contributed by atoms with Crippen molar-refractivity contribution in [2.24, 2.45) is 5.92 Å². The summed E-state index contributed by atoms with van der Waals surface area (Å²) in [6.07, 6.45) is 5.54. The van der Waals surface area contributed by atoms with E-state index in [1.54, 1.807) is 24.0 Å². The summed E-state index contributed by atoms with van der Waals surface area (Å²) >= 11 is 0. The van der Waals surface area contributed by atoms with Gasteiger partial charge in [-0.3, -0.25) is 9.59 Å². The van der Waals surface area contributed by atoms with E-state index in [2.05, 4.69) is 34.6 Å². The largest absolute Gasteiger partial charge is 0.382 e. The van der Waals surface area contributed by atoms with Crippen molar-refractivity contribution in [1.29, 1.82) is 0 Å². The first-order valence-corrected chi connectivity index (χ1v) is 16.1. The molecule has 0 radical (unpaired) electrons. The summed E-state index contributed by atoms with van der Waals surface area (Å²) in [5, 5.41) is 6.78. The fraction of sp³-hybridized carbons (Fsp3) is 0.444. The molecule has 7 nitrogen and oxygen atoms in total. The molecule has 0 aromatic heterocycles. The lowest BCUT2D eigenvalue weighted by Gasteiger charge is -2.41. The first-order chi connectivity index (χ1) is 21.4. The average Bonchev–Trinajstić information content (AvgIpc) is 3.57. The average molecular weight is 599 g/mol. The van der Waals surface area contributed by atoms with Gasteiger partial charge in [-0.2, -0.15) is 0 Å². The highest BCUT2D eigenvalue weighted by Crippen LogP contribution is 2.39. The molecule has 0 spiro atoms. The third-order valence-electron chi connectivity index (χ3n) is 9.43. The zero-order valence-corrected chi connectivity index (χ0v) is 25.8. The predicted octanol–water partition coefficient (Wildman–Crippen LogP) is 6.87. The number of hydrogen-bond acceptors (Lipinski definition) is 5. The molecule has 3 heterocycles. The van der Waals surface area contributed by atoms with Gasteiger partial charge in [-0.15, -0.1) is 0 Å². The summed E-state index contributed by atoms with van der Waals surface area (Å²) in [4.78, 5) is 32.2. The summed E-state index contributed by atoms with van der Waals surface area (Å²) in [7, 11) is 0. The van der Waals surface area contributed by atoms with E-state index in [4.69, 9.17) is 4.74 Å². The van der Waals surface area contributed by atoms with Crippen LogP contribution < -0.4 is 15.5 Å². The maximum atomic E-state index is 15.1. The molecule has 44 heavy (non-hydrogen) atoms. The standard InChI is InChI=1S/C36H43FN4O3/c1-24-10-13-29(23-32(24)40-18-3-4-19-40)39-35(42)30-8-6-20-41(36(43)33-25(2)7-5-9-31(33)37)34(30)26-11-14-27(15-12-26)38-28-16-21-44-22-17-28/h5,7,9-15,23,28,30,34,38H,3-4,6,8,16-22H2,1-2H3,(H,39,42)/t30-,34-/m0/s1. The van der Waals surface area contributed by atoms with Crippen molar-refractivity contribution in [2.75, 3.05) is 48.4 Å². The van der Waals surface area contributed by atoms with Crippen molar-refractivity contribution in [3.8, 4) is 0 Å². The Kier molecular flexibility index (Phi) is 9.17. The molecule has 0 bridgehead atoms. The molecule has 8 heteroatoms. The number of amides is 2. The minimum atomic E-state index is -0.537. The molecule has 3 aliphatic heterocycles. The molecule has 0 saturated carbocycles. The summed E-state index contributed by atoms with van der Waals surface area (Å²) in [5.74, 6) is -1.53. The Morgan fingerprint density at radius 1 is 0.841 bits per heavy atom. The molecule has 6 rings (SSSR count). The molecular formula is C36H43FN4O3. The van der Waals surface area contributed by atoms with Crippen molar-refractivity contribution >= 4 is 28.9 Å². The molecule has 3 aromatic carbocycles. The van der Waals surface area contributed by atoms with Gasteiger partial charge in [-0.1, -0.05) is 30.3 Å². The van der Waals surface area contributed by atoms with Crippen LogP contribution in [0.25, 0.3) is 0 Å². The maximum Gasteiger partial charge on any atom is 0.257 e. The molecule has 232 valence electrons. The summed E-state index contributed by atoms with van der Waals surface area (Å²) in [5.41, 5.74) is 5.62. The van der Waals surface area contributed by atoms with E-state index >= 15 is 4.39 Å². The smallest absolute Gasteiger partial charge is 0.257 e. The van der Waals surface area contributed by atoms with E-state index in [0.29, 0.717) is 31.0 Å². The molecule has 3 aliphatic rings. The van der Waals surface area contributed by atoms with E-state index in [-0.39, 0.29) is 17.4 Å². The van der Waals surface area contributed by atoms with Gasteiger partial charge >= 0.3 is 0 Å². The number of nitrogens with one attached hydrogen (secondary N) is 2. The van der Waals surface area contributed by atoms with E-state index in [1.807, 2.05) is 30.3 Å². The van der Waals surface area contributed by atoms with Crippen molar-refractivity contribution in [1.82, 2.24) is 4.90 Å². The quantitative estimate of drug-likeness (QED) is 0.311. The summed E-state index contributed by atoms with van der Waals surface area (Å²) in [6, 6.07) is 18.7. The van der Waals surface area contributed by atoms with Crippen molar-refractivity contribution in [2.45, 2.75) is 64.5 Å². The molecule has 3 aromatic rings. The van der Waals surface area contributed by atoms with E-state index in [9.17, 15) is 9.59 Å². The molecule has 3 fully saturated rings. The zero-order chi connectivity index (χ0) is 30.6. The zero-order valence-electron chi connectivity index (χ0n) is 25.8. The lowest BCUT2D eigenvalue weighted by Crippen LogP contribution is -2.46. The number of rotatable bonds is 7. The monoisotopic (exact) mass is 598 g/mol. The Hall–Kier alpha value is -3.91. The predicted molar refractivity (Wildman–Crippen MR) is 173 cm³/mol. The number of ether oxygens (including phenoxy) is 1. The molecule has 3 saturated heterocycles.